The average molecular weight is 757 g/mol. The molecule has 3 atom stereocenters. The number of anilines is 4. The molecule has 2 nitrogen and oxygen atoms in total. The van der Waals surface area contributed by atoms with Crippen LogP contribution in [-0.2, 0) is 10.8 Å². The Morgan fingerprint density at radius 3 is 2.28 bits per heavy atom. The summed E-state index contributed by atoms with van der Waals surface area (Å²) in [4.78, 5) is 5.15. The van der Waals surface area contributed by atoms with E-state index in [0.29, 0.717) is 17.9 Å². The zero-order chi connectivity index (χ0) is 38.5. The summed E-state index contributed by atoms with van der Waals surface area (Å²) in [5, 5.41) is 2.67. The monoisotopic (exact) mass is 756 g/mol. The van der Waals surface area contributed by atoms with E-state index in [1.165, 1.54) is 76.4 Å². The third-order valence-corrected chi connectivity index (χ3v) is 15.0. The number of thiophene rings is 1. The van der Waals surface area contributed by atoms with Crippen LogP contribution >= 0.6 is 11.3 Å². The molecule has 0 fully saturated rings. The van der Waals surface area contributed by atoms with Crippen molar-refractivity contribution >= 4 is 54.3 Å². The summed E-state index contributed by atoms with van der Waals surface area (Å²) >= 11 is 1.90. The third kappa shape index (κ3) is 5.28. The number of benzene rings is 5. The van der Waals surface area contributed by atoms with Crippen LogP contribution < -0.4 is 9.80 Å². The minimum atomic E-state index is -0.108. The van der Waals surface area contributed by atoms with Crippen LogP contribution in [0.3, 0.4) is 0 Å². The minimum Gasteiger partial charge on any atom is -0.334 e. The van der Waals surface area contributed by atoms with Crippen LogP contribution in [-0.4, -0.2) is 6.04 Å². The Balaban J connectivity index is 1.07. The van der Waals surface area contributed by atoms with Gasteiger partial charge >= 0.3 is 0 Å². The van der Waals surface area contributed by atoms with E-state index in [0.717, 1.165) is 19.3 Å². The Bertz CT molecular complexity index is 2800. The molecular formula is C54H48N2S. The molecule has 2 heterocycles. The fourth-order valence-corrected chi connectivity index (χ4v) is 12.0. The second kappa shape index (κ2) is 12.9. The quantitative estimate of drug-likeness (QED) is 0.173. The van der Waals surface area contributed by atoms with E-state index in [9.17, 15) is 0 Å². The maximum absolute atomic E-state index is 2.63. The Morgan fingerprint density at radius 1 is 0.684 bits per heavy atom. The molecule has 3 unspecified atom stereocenters. The van der Waals surface area contributed by atoms with Gasteiger partial charge in [-0.2, -0.15) is 0 Å². The summed E-state index contributed by atoms with van der Waals surface area (Å²) in [7, 11) is 0. The lowest BCUT2D eigenvalue weighted by Crippen LogP contribution is -2.42. The molecule has 0 bridgehead atoms. The summed E-state index contributed by atoms with van der Waals surface area (Å²) in [5.74, 6) is 0.882. The maximum Gasteiger partial charge on any atom is 0.0559 e. The molecule has 11 rings (SSSR count). The van der Waals surface area contributed by atoms with Gasteiger partial charge in [0.15, 0.2) is 0 Å². The van der Waals surface area contributed by atoms with Crippen LogP contribution in [0.1, 0.15) is 69.6 Å². The molecule has 0 saturated carbocycles. The van der Waals surface area contributed by atoms with Gasteiger partial charge in [0.25, 0.3) is 0 Å². The number of allylic oxidation sites excluding steroid dienone is 9. The van der Waals surface area contributed by atoms with Crippen LogP contribution in [0.4, 0.5) is 22.7 Å². The molecule has 0 spiro atoms. The van der Waals surface area contributed by atoms with Gasteiger partial charge in [-0.25, -0.2) is 0 Å². The highest BCUT2D eigenvalue weighted by Gasteiger charge is 2.45. The van der Waals surface area contributed by atoms with Crippen molar-refractivity contribution in [3.8, 4) is 11.1 Å². The van der Waals surface area contributed by atoms with Crippen molar-refractivity contribution in [2.24, 2.45) is 5.92 Å². The van der Waals surface area contributed by atoms with Crippen LogP contribution in [0.15, 0.2) is 175 Å². The Hall–Kier alpha value is -5.64. The normalized spacial score (nSPS) is 22.2. The van der Waals surface area contributed by atoms with Crippen molar-refractivity contribution in [2.75, 3.05) is 9.80 Å². The minimum absolute atomic E-state index is 0.0212. The molecule has 0 saturated heterocycles. The van der Waals surface area contributed by atoms with E-state index in [-0.39, 0.29) is 10.8 Å². The second-order valence-electron chi connectivity index (χ2n) is 17.6. The molecule has 5 aliphatic rings. The predicted molar refractivity (Wildman–Crippen MR) is 245 cm³/mol. The molecule has 1 aliphatic heterocycles. The highest BCUT2D eigenvalue weighted by Crippen LogP contribution is 2.55. The van der Waals surface area contributed by atoms with E-state index in [4.69, 9.17) is 0 Å². The standard InChI is InChI=1S/C54H48N2S/c1-53(2)45-21-10-8-17-41(45)42-31-29-38(33-47(42)53)55(37-27-25-35(26-28-37)40-19-14-20-44-43-18-9-13-24-51(43)57-52(40)44)39-30-32-50-48(34-39)54(3,4)46-22-11-12-23-49(46)56(50)36-15-6-5-7-16-36/h5-10,12-15,17-21,23-34,36,41,45H,11,16,22H2,1-4H3. The van der Waals surface area contributed by atoms with Gasteiger partial charge in [0.1, 0.15) is 0 Å². The molecule has 4 aliphatic carbocycles. The fraction of sp³-hybridized carbons (Fsp3) is 0.222. The molecule has 6 aromatic rings. The van der Waals surface area contributed by atoms with Crippen LogP contribution in [0, 0.1) is 5.92 Å². The van der Waals surface area contributed by atoms with Gasteiger partial charge in [-0.3, -0.25) is 0 Å². The molecule has 0 radical (unpaired) electrons. The molecule has 0 N–H and O–H groups in total. The largest absolute Gasteiger partial charge is 0.334 e. The first-order valence-corrected chi connectivity index (χ1v) is 21.6. The lowest BCUT2D eigenvalue weighted by atomic mass is 9.70. The van der Waals surface area contributed by atoms with E-state index >= 15 is 0 Å². The summed E-state index contributed by atoms with van der Waals surface area (Å²) in [6, 6.07) is 39.8. The van der Waals surface area contributed by atoms with Gasteiger partial charge in [-0.05, 0) is 119 Å². The van der Waals surface area contributed by atoms with Crippen molar-refractivity contribution in [1.29, 1.82) is 0 Å². The number of hydrogen-bond donors (Lipinski definition) is 0. The number of rotatable bonds is 5. The Kier molecular flexibility index (Phi) is 7.86. The molecular weight excluding hydrogens is 709 g/mol. The first-order chi connectivity index (χ1) is 27.8. The lowest BCUT2D eigenvalue weighted by Gasteiger charge is -2.47. The Morgan fingerprint density at radius 2 is 1.44 bits per heavy atom. The van der Waals surface area contributed by atoms with E-state index in [2.05, 4.69) is 201 Å². The van der Waals surface area contributed by atoms with Gasteiger partial charge in [0, 0.05) is 60.0 Å². The number of hydrogen-bond acceptors (Lipinski definition) is 3. The summed E-state index contributed by atoms with van der Waals surface area (Å²) in [6.45, 7) is 9.78. The first kappa shape index (κ1) is 34.6. The summed E-state index contributed by atoms with van der Waals surface area (Å²) < 4.78 is 2.69. The molecule has 3 heteroatoms. The van der Waals surface area contributed by atoms with Crippen molar-refractivity contribution in [1.82, 2.24) is 0 Å². The first-order valence-electron chi connectivity index (χ1n) is 20.8. The zero-order valence-corrected chi connectivity index (χ0v) is 34.1. The smallest absolute Gasteiger partial charge is 0.0559 e. The zero-order valence-electron chi connectivity index (χ0n) is 33.2. The van der Waals surface area contributed by atoms with Gasteiger partial charge < -0.3 is 9.80 Å². The number of nitrogens with zero attached hydrogens (tertiary/aromatic N) is 2. The lowest BCUT2D eigenvalue weighted by molar-refractivity contribution is 0.394. The van der Waals surface area contributed by atoms with E-state index in [1.807, 2.05) is 11.3 Å². The number of fused-ring (bicyclic) bond motifs is 7. The van der Waals surface area contributed by atoms with Gasteiger partial charge in [0.2, 0.25) is 0 Å². The van der Waals surface area contributed by atoms with Gasteiger partial charge in [-0.15, -0.1) is 11.3 Å². The van der Waals surface area contributed by atoms with E-state index < -0.39 is 0 Å². The van der Waals surface area contributed by atoms with Gasteiger partial charge in [-0.1, -0.05) is 137 Å². The van der Waals surface area contributed by atoms with Gasteiger partial charge in [0.05, 0.1) is 6.04 Å². The van der Waals surface area contributed by atoms with Crippen LogP contribution in [0.2, 0.25) is 0 Å². The van der Waals surface area contributed by atoms with Crippen molar-refractivity contribution in [2.45, 2.75) is 69.7 Å². The molecule has 280 valence electrons. The van der Waals surface area contributed by atoms with Crippen LogP contribution in [0.5, 0.6) is 0 Å². The molecule has 5 aromatic carbocycles. The van der Waals surface area contributed by atoms with Crippen molar-refractivity contribution < 1.29 is 0 Å². The molecule has 0 amide bonds. The summed E-state index contributed by atoms with van der Waals surface area (Å²) in [6.07, 6.45) is 26.4. The molecule has 57 heavy (non-hydrogen) atoms. The van der Waals surface area contributed by atoms with Crippen molar-refractivity contribution in [3.05, 3.63) is 192 Å². The maximum atomic E-state index is 2.63. The van der Waals surface area contributed by atoms with E-state index in [1.54, 1.807) is 5.57 Å². The highest BCUT2D eigenvalue weighted by molar-refractivity contribution is 7.26. The fourth-order valence-electron chi connectivity index (χ4n) is 10.8. The predicted octanol–water partition coefficient (Wildman–Crippen LogP) is 14.9. The Labute approximate surface area is 341 Å². The van der Waals surface area contributed by atoms with Crippen LogP contribution in [0.25, 0.3) is 31.3 Å². The second-order valence-corrected chi connectivity index (χ2v) is 18.6. The van der Waals surface area contributed by atoms with Crippen molar-refractivity contribution in [3.63, 3.8) is 0 Å². The topological polar surface area (TPSA) is 6.48 Å². The third-order valence-electron chi connectivity index (χ3n) is 13.8. The average Bonchev–Trinajstić information content (AvgIpc) is 3.74. The summed E-state index contributed by atoms with van der Waals surface area (Å²) in [5.41, 5.74) is 14.6. The molecule has 1 aromatic heterocycles. The SMILES string of the molecule is CC1(C)C2=C(C=CCC2)N(C2C=CC=CC2)c2ccc(N(c3ccc(-c4cccc5c4sc4ccccc45)cc3)c3ccc4c(c3)C(C)(C)C3C=CC=CC43)cc21. The highest BCUT2D eigenvalue weighted by atomic mass is 32.1.